The molecule has 0 saturated heterocycles. The minimum atomic E-state index is -0.963. The first-order valence-electron chi connectivity index (χ1n) is 10.00. The van der Waals surface area contributed by atoms with Crippen LogP contribution in [0, 0.1) is 0 Å². The first-order chi connectivity index (χ1) is 16.0. The van der Waals surface area contributed by atoms with Gasteiger partial charge in [0.05, 0.1) is 28.6 Å². The van der Waals surface area contributed by atoms with E-state index in [4.69, 9.17) is 32.7 Å². The zero-order valence-corrected chi connectivity index (χ0v) is 19.2. The van der Waals surface area contributed by atoms with E-state index in [-0.39, 0.29) is 15.7 Å². The van der Waals surface area contributed by atoms with E-state index >= 15 is 0 Å². The first kappa shape index (κ1) is 24.1. The highest BCUT2D eigenvalue weighted by atomic mass is 35.5. The van der Waals surface area contributed by atoms with Crippen LogP contribution in [0.15, 0.2) is 71.8 Å². The Morgan fingerprint density at radius 2 is 1.73 bits per heavy atom. The lowest BCUT2D eigenvalue weighted by molar-refractivity contribution is -0.136. The summed E-state index contributed by atoms with van der Waals surface area (Å²) in [6, 6.07) is 19.7. The maximum Gasteiger partial charge on any atom is 0.329 e. The lowest BCUT2D eigenvalue weighted by atomic mass is 10.2. The molecule has 0 fully saturated rings. The minimum absolute atomic E-state index is 0.141. The first-order valence-corrected chi connectivity index (χ1v) is 10.8. The summed E-state index contributed by atoms with van der Waals surface area (Å²) < 4.78 is 11.5. The minimum Gasteiger partial charge on any atom is -0.490 e. The lowest BCUT2D eigenvalue weighted by Gasteiger charge is -2.12. The number of carbonyl (C=O) groups is 2. The molecule has 0 heterocycles. The van der Waals surface area contributed by atoms with E-state index in [2.05, 4.69) is 15.8 Å². The molecule has 170 valence electrons. The SMILES string of the molecule is CCOc1cc(/C=N\NC(=O)C(=O)Nc2cccc(Cl)c2Cl)ccc1OCc1ccccc1. The number of hydrogen-bond donors (Lipinski definition) is 2. The summed E-state index contributed by atoms with van der Waals surface area (Å²) in [6.45, 7) is 2.72. The van der Waals surface area contributed by atoms with Crippen LogP contribution in [0.4, 0.5) is 5.69 Å². The molecule has 0 saturated carbocycles. The molecule has 3 rings (SSSR count). The third-order valence-corrected chi connectivity index (χ3v) is 5.11. The summed E-state index contributed by atoms with van der Waals surface area (Å²) in [4.78, 5) is 24.1. The molecule has 2 N–H and O–H groups in total. The quantitative estimate of drug-likeness (QED) is 0.265. The molecule has 0 aromatic heterocycles. The number of amides is 2. The second-order valence-corrected chi connectivity index (χ2v) is 7.45. The standard InChI is InChI=1S/C24H21Cl2N3O4/c1-2-32-21-13-17(11-12-20(21)33-15-16-7-4-3-5-8-16)14-27-29-24(31)23(30)28-19-10-6-9-18(25)22(19)26/h3-14H,2,15H2,1H3,(H,28,30)(H,29,31)/b27-14-. The molecule has 2 amide bonds. The van der Waals surface area contributed by atoms with Crippen molar-refractivity contribution in [3.05, 3.63) is 87.9 Å². The van der Waals surface area contributed by atoms with Gasteiger partial charge in [0, 0.05) is 0 Å². The molecule has 3 aromatic carbocycles. The molecule has 33 heavy (non-hydrogen) atoms. The zero-order valence-electron chi connectivity index (χ0n) is 17.7. The van der Waals surface area contributed by atoms with Crippen LogP contribution in [0.2, 0.25) is 10.0 Å². The van der Waals surface area contributed by atoms with Crippen molar-refractivity contribution in [3.63, 3.8) is 0 Å². The van der Waals surface area contributed by atoms with E-state index in [0.717, 1.165) is 5.56 Å². The van der Waals surface area contributed by atoms with Crippen LogP contribution in [-0.2, 0) is 16.2 Å². The van der Waals surface area contributed by atoms with E-state index in [1.165, 1.54) is 12.3 Å². The highest BCUT2D eigenvalue weighted by molar-refractivity contribution is 6.45. The van der Waals surface area contributed by atoms with E-state index in [9.17, 15) is 9.59 Å². The third kappa shape index (κ3) is 6.97. The van der Waals surface area contributed by atoms with Crippen LogP contribution in [-0.4, -0.2) is 24.6 Å². The Labute approximate surface area is 201 Å². The number of hydrazone groups is 1. The molecule has 0 spiro atoms. The van der Waals surface area contributed by atoms with Crippen molar-refractivity contribution in [3.8, 4) is 11.5 Å². The van der Waals surface area contributed by atoms with Gasteiger partial charge in [-0.15, -0.1) is 0 Å². The van der Waals surface area contributed by atoms with Crippen molar-refractivity contribution >= 4 is 46.9 Å². The summed E-state index contributed by atoms with van der Waals surface area (Å²) in [5.41, 5.74) is 4.07. The second kappa shape index (κ2) is 11.9. The number of benzene rings is 3. The van der Waals surface area contributed by atoms with Gasteiger partial charge in [0.2, 0.25) is 0 Å². The summed E-state index contributed by atoms with van der Waals surface area (Å²) in [6.07, 6.45) is 1.39. The molecule has 7 nitrogen and oxygen atoms in total. The van der Waals surface area contributed by atoms with Gasteiger partial charge in [0.15, 0.2) is 11.5 Å². The summed E-state index contributed by atoms with van der Waals surface area (Å²) in [5, 5.41) is 6.61. The molecule has 0 aliphatic rings. The van der Waals surface area contributed by atoms with Crippen molar-refractivity contribution in [2.75, 3.05) is 11.9 Å². The number of nitrogens with one attached hydrogen (secondary N) is 2. The molecular formula is C24H21Cl2N3O4. The fraction of sp³-hybridized carbons (Fsp3) is 0.125. The Morgan fingerprint density at radius 3 is 2.48 bits per heavy atom. The van der Waals surface area contributed by atoms with Crippen molar-refractivity contribution in [1.29, 1.82) is 0 Å². The summed E-state index contributed by atoms with van der Waals surface area (Å²) in [7, 11) is 0. The Balaban J connectivity index is 1.60. The molecule has 0 bridgehead atoms. The van der Waals surface area contributed by atoms with Gasteiger partial charge in [-0.1, -0.05) is 59.6 Å². The molecule has 3 aromatic rings. The van der Waals surface area contributed by atoms with Gasteiger partial charge in [-0.2, -0.15) is 5.10 Å². The van der Waals surface area contributed by atoms with Crippen molar-refractivity contribution < 1.29 is 19.1 Å². The maximum atomic E-state index is 12.1. The fourth-order valence-corrected chi connectivity index (χ4v) is 3.07. The number of carbonyl (C=O) groups excluding carboxylic acids is 2. The Morgan fingerprint density at radius 1 is 0.939 bits per heavy atom. The van der Waals surface area contributed by atoms with Gasteiger partial charge in [0.25, 0.3) is 0 Å². The molecule has 9 heteroatoms. The van der Waals surface area contributed by atoms with Gasteiger partial charge in [0.1, 0.15) is 6.61 Å². The highest BCUT2D eigenvalue weighted by Gasteiger charge is 2.15. The van der Waals surface area contributed by atoms with Crippen LogP contribution in [0.3, 0.4) is 0 Å². The average molecular weight is 486 g/mol. The number of ether oxygens (including phenoxy) is 2. The van der Waals surface area contributed by atoms with Gasteiger partial charge < -0.3 is 14.8 Å². The van der Waals surface area contributed by atoms with Gasteiger partial charge in [-0.05, 0) is 48.4 Å². The Hall–Kier alpha value is -3.55. The third-order valence-electron chi connectivity index (χ3n) is 4.29. The highest BCUT2D eigenvalue weighted by Crippen LogP contribution is 2.30. The summed E-state index contributed by atoms with van der Waals surface area (Å²) >= 11 is 11.9. The zero-order chi connectivity index (χ0) is 23.6. The van der Waals surface area contributed by atoms with E-state index in [1.807, 2.05) is 37.3 Å². The van der Waals surface area contributed by atoms with E-state index < -0.39 is 11.8 Å². The molecule has 0 radical (unpaired) electrons. The molecule has 0 aliphatic carbocycles. The van der Waals surface area contributed by atoms with Crippen LogP contribution in [0.1, 0.15) is 18.1 Å². The largest absolute Gasteiger partial charge is 0.490 e. The monoisotopic (exact) mass is 485 g/mol. The predicted octanol–water partition coefficient (Wildman–Crippen LogP) is 5.06. The average Bonchev–Trinajstić information content (AvgIpc) is 2.82. The number of anilines is 1. The van der Waals surface area contributed by atoms with E-state index in [0.29, 0.717) is 30.3 Å². The van der Waals surface area contributed by atoms with Crippen molar-refractivity contribution in [2.45, 2.75) is 13.5 Å². The maximum absolute atomic E-state index is 12.1. The second-order valence-electron chi connectivity index (χ2n) is 6.67. The number of rotatable bonds is 8. The van der Waals surface area contributed by atoms with Crippen LogP contribution >= 0.6 is 23.2 Å². The van der Waals surface area contributed by atoms with Crippen molar-refractivity contribution in [2.24, 2.45) is 5.10 Å². The molecular weight excluding hydrogens is 465 g/mol. The van der Waals surface area contributed by atoms with Crippen LogP contribution < -0.4 is 20.2 Å². The number of halogens is 2. The Kier molecular flexibility index (Phi) is 8.69. The van der Waals surface area contributed by atoms with Crippen LogP contribution in [0.25, 0.3) is 0 Å². The van der Waals surface area contributed by atoms with Gasteiger partial charge in [-0.3, -0.25) is 9.59 Å². The smallest absolute Gasteiger partial charge is 0.329 e. The number of nitrogens with zero attached hydrogens (tertiary/aromatic N) is 1. The fourth-order valence-electron chi connectivity index (χ4n) is 2.72. The molecule has 0 unspecified atom stereocenters. The molecule has 0 atom stereocenters. The Bertz CT molecular complexity index is 1150. The summed E-state index contributed by atoms with van der Waals surface area (Å²) in [5.74, 6) is -0.775. The lowest BCUT2D eigenvalue weighted by Crippen LogP contribution is -2.32. The molecule has 0 aliphatic heterocycles. The van der Waals surface area contributed by atoms with Gasteiger partial charge in [-0.25, -0.2) is 5.43 Å². The van der Waals surface area contributed by atoms with Crippen LogP contribution in [0.5, 0.6) is 11.5 Å². The van der Waals surface area contributed by atoms with E-state index in [1.54, 1.807) is 30.3 Å². The predicted molar refractivity (Wildman–Crippen MR) is 129 cm³/mol. The number of hydrogen-bond acceptors (Lipinski definition) is 5. The normalized spacial score (nSPS) is 10.6. The topological polar surface area (TPSA) is 89.0 Å². The van der Waals surface area contributed by atoms with Gasteiger partial charge >= 0.3 is 11.8 Å². The van der Waals surface area contributed by atoms with Crippen molar-refractivity contribution in [1.82, 2.24) is 5.43 Å².